The predicted molar refractivity (Wildman–Crippen MR) is 87.8 cm³/mol. The Morgan fingerprint density at radius 3 is 2.64 bits per heavy atom. The molecule has 8 heteroatoms. The van der Waals surface area contributed by atoms with Gasteiger partial charge in [0.05, 0.1) is 11.5 Å². The highest BCUT2D eigenvalue weighted by atomic mass is 32.2. The normalized spacial score (nSPS) is 16.0. The van der Waals surface area contributed by atoms with Crippen LogP contribution in [0.3, 0.4) is 0 Å². The van der Waals surface area contributed by atoms with Crippen LogP contribution in [0.15, 0.2) is 35.2 Å². The summed E-state index contributed by atoms with van der Waals surface area (Å²) in [7, 11) is -2.22. The summed E-state index contributed by atoms with van der Waals surface area (Å²) in [6.07, 6.45) is 0. The van der Waals surface area contributed by atoms with Crippen LogP contribution in [0.1, 0.15) is 24.0 Å². The van der Waals surface area contributed by atoms with E-state index in [0.29, 0.717) is 17.9 Å². The van der Waals surface area contributed by atoms with Gasteiger partial charge in [0, 0.05) is 17.5 Å². The van der Waals surface area contributed by atoms with Crippen LogP contribution in [0.4, 0.5) is 4.39 Å². The third kappa shape index (κ3) is 3.04. The molecule has 0 aliphatic carbocycles. The maximum absolute atomic E-state index is 14.1. The lowest BCUT2D eigenvalue weighted by Crippen LogP contribution is -2.18. The summed E-state index contributed by atoms with van der Waals surface area (Å²) in [4.78, 5) is 0.0929. The van der Waals surface area contributed by atoms with E-state index in [1.807, 2.05) is 13.0 Å². The smallest absolute Gasteiger partial charge is 0.240 e. The third-order valence-electron chi connectivity index (χ3n) is 3.95. The molecule has 2 aromatic rings. The van der Waals surface area contributed by atoms with E-state index in [2.05, 4.69) is 4.72 Å². The zero-order chi connectivity index (χ0) is 18.2. The molecule has 2 aromatic carbocycles. The number of benzene rings is 2. The zero-order valence-electron chi connectivity index (χ0n) is 13.5. The highest BCUT2D eigenvalue weighted by molar-refractivity contribution is 7.89. The Balaban J connectivity index is 1.98. The van der Waals surface area contributed by atoms with Crippen LogP contribution in [-0.4, -0.2) is 22.1 Å². The van der Waals surface area contributed by atoms with Gasteiger partial charge in [-0.3, -0.25) is 0 Å². The van der Waals surface area contributed by atoms with Crippen LogP contribution < -0.4 is 14.2 Å². The minimum absolute atomic E-state index is 0.0540. The Hall–Kier alpha value is -2.63. The summed E-state index contributed by atoms with van der Waals surface area (Å²) in [6.45, 7) is 2.23. The van der Waals surface area contributed by atoms with Gasteiger partial charge in [-0.2, -0.15) is 5.26 Å². The SMILES string of the molecule is CNS(=O)(=O)c1ccc(Oc2cc(F)c(C#N)c3c2C(C)CO3)cc1. The van der Waals surface area contributed by atoms with E-state index in [9.17, 15) is 12.8 Å². The van der Waals surface area contributed by atoms with Gasteiger partial charge in [0.25, 0.3) is 0 Å². The summed E-state index contributed by atoms with van der Waals surface area (Å²) in [5, 5.41) is 9.11. The number of halogens is 1. The molecule has 1 atom stereocenters. The number of hydrogen-bond acceptors (Lipinski definition) is 5. The summed E-state index contributed by atoms with van der Waals surface area (Å²) < 4.78 is 51.0. The molecular formula is C17H15FN2O4S. The molecule has 0 saturated heterocycles. The van der Waals surface area contributed by atoms with E-state index in [1.165, 1.54) is 31.3 Å². The number of sulfonamides is 1. The molecule has 1 aliphatic rings. The second kappa shape index (κ2) is 6.35. The molecule has 6 nitrogen and oxygen atoms in total. The third-order valence-corrected chi connectivity index (χ3v) is 5.38. The van der Waals surface area contributed by atoms with Crippen molar-refractivity contribution in [3.63, 3.8) is 0 Å². The fraction of sp³-hybridized carbons (Fsp3) is 0.235. The molecular weight excluding hydrogens is 347 g/mol. The maximum atomic E-state index is 14.1. The molecule has 130 valence electrons. The van der Waals surface area contributed by atoms with Crippen LogP contribution in [0.5, 0.6) is 17.2 Å². The lowest BCUT2D eigenvalue weighted by molar-refractivity contribution is 0.335. The average Bonchev–Trinajstić information content (AvgIpc) is 2.97. The Morgan fingerprint density at radius 2 is 2.04 bits per heavy atom. The van der Waals surface area contributed by atoms with E-state index in [0.717, 1.165) is 6.07 Å². The molecule has 0 aromatic heterocycles. The monoisotopic (exact) mass is 362 g/mol. The Morgan fingerprint density at radius 1 is 1.36 bits per heavy atom. The van der Waals surface area contributed by atoms with Crippen molar-refractivity contribution in [3.8, 4) is 23.3 Å². The molecule has 0 amide bonds. The molecule has 0 fully saturated rings. The average molecular weight is 362 g/mol. The second-order valence-electron chi connectivity index (χ2n) is 5.58. The first-order valence-electron chi connectivity index (χ1n) is 7.48. The summed E-state index contributed by atoms with van der Waals surface area (Å²) >= 11 is 0. The largest absolute Gasteiger partial charge is 0.491 e. The number of rotatable bonds is 4. The standard InChI is InChI=1S/C17H15FN2O4S/c1-10-9-23-17-13(8-19)14(18)7-15(16(10)17)24-11-3-5-12(6-4-11)25(21,22)20-2/h3-7,10,20H,9H2,1-2H3. The summed E-state index contributed by atoms with van der Waals surface area (Å²) in [6, 6.07) is 8.70. The van der Waals surface area contributed by atoms with Gasteiger partial charge in [-0.25, -0.2) is 17.5 Å². The number of ether oxygens (including phenoxy) is 2. The minimum atomic E-state index is -3.54. The van der Waals surface area contributed by atoms with E-state index in [-0.39, 0.29) is 27.9 Å². The Kier molecular flexibility index (Phi) is 4.37. The van der Waals surface area contributed by atoms with Crippen LogP contribution in [0, 0.1) is 17.1 Å². The number of nitrogens with one attached hydrogen (secondary N) is 1. The molecule has 0 saturated carbocycles. The molecule has 25 heavy (non-hydrogen) atoms. The van der Waals surface area contributed by atoms with Crippen LogP contribution in [0.2, 0.25) is 0 Å². The minimum Gasteiger partial charge on any atom is -0.491 e. The summed E-state index contributed by atoms with van der Waals surface area (Å²) in [5.41, 5.74) is 0.493. The molecule has 1 unspecified atom stereocenters. The van der Waals surface area contributed by atoms with Gasteiger partial charge >= 0.3 is 0 Å². The van der Waals surface area contributed by atoms with Crippen molar-refractivity contribution in [2.24, 2.45) is 0 Å². The lowest BCUT2D eigenvalue weighted by atomic mass is 9.99. The van der Waals surface area contributed by atoms with Crippen molar-refractivity contribution in [3.05, 3.63) is 47.3 Å². The van der Waals surface area contributed by atoms with Crippen molar-refractivity contribution in [1.82, 2.24) is 4.72 Å². The number of nitrogens with zero attached hydrogens (tertiary/aromatic N) is 1. The molecule has 0 spiro atoms. The topological polar surface area (TPSA) is 88.4 Å². The highest BCUT2D eigenvalue weighted by Gasteiger charge is 2.30. The van der Waals surface area contributed by atoms with Crippen molar-refractivity contribution in [1.29, 1.82) is 5.26 Å². The van der Waals surface area contributed by atoms with Gasteiger partial charge in [0.1, 0.15) is 34.7 Å². The van der Waals surface area contributed by atoms with Gasteiger partial charge in [-0.05, 0) is 31.3 Å². The predicted octanol–water partition coefficient (Wildman–Crippen LogP) is 2.89. The number of hydrogen-bond donors (Lipinski definition) is 1. The summed E-state index contributed by atoms with van der Waals surface area (Å²) in [5.74, 6) is 0.0296. The first kappa shape index (κ1) is 17.2. The van der Waals surface area contributed by atoms with Crippen molar-refractivity contribution >= 4 is 10.0 Å². The lowest BCUT2D eigenvalue weighted by Gasteiger charge is -2.13. The van der Waals surface area contributed by atoms with Gasteiger partial charge in [-0.1, -0.05) is 6.92 Å². The van der Waals surface area contributed by atoms with Crippen molar-refractivity contribution < 1.29 is 22.3 Å². The Labute approximate surface area is 144 Å². The van der Waals surface area contributed by atoms with Gasteiger partial charge in [0.15, 0.2) is 0 Å². The number of fused-ring (bicyclic) bond motifs is 1. The fourth-order valence-corrected chi connectivity index (χ4v) is 3.38. The van der Waals surface area contributed by atoms with E-state index < -0.39 is 15.8 Å². The van der Waals surface area contributed by atoms with Gasteiger partial charge in [0.2, 0.25) is 10.0 Å². The van der Waals surface area contributed by atoms with Crippen LogP contribution in [-0.2, 0) is 10.0 Å². The first-order valence-corrected chi connectivity index (χ1v) is 8.96. The maximum Gasteiger partial charge on any atom is 0.240 e. The quantitative estimate of drug-likeness (QED) is 0.903. The molecule has 1 N–H and O–H groups in total. The zero-order valence-corrected chi connectivity index (χ0v) is 14.4. The molecule has 0 radical (unpaired) electrons. The second-order valence-corrected chi connectivity index (χ2v) is 7.47. The van der Waals surface area contributed by atoms with E-state index in [1.54, 1.807) is 0 Å². The van der Waals surface area contributed by atoms with Crippen LogP contribution in [0.25, 0.3) is 0 Å². The van der Waals surface area contributed by atoms with Crippen molar-refractivity contribution in [2.75, 3.05) is 13.7 Å². The van der Waals surface area contributed by atoms with Crippen molar-refractivity contribution in [2.45, 2.75) is 17.7 Å². The van der Waals surface area contributed by atoms with Gasteiger partial charge in [-0.15, -0.1) is 0 Å². The molecule has 0 bridgehead atoms. The molecule has 1 heterocycles. The van der Waals surface area contributed by atoms with E-state index >= 15 is 0 Å². The number of nitriles is 1. The van der Waals surface area contributed by atoms with E-state index in [4.69, 9.17) is 14.7 Å². The highest BCUT2D eigenvalue weighted by Crippen LogP contribution is 2.45. The first-order chi connectivity index (χ1) is 11.9. The molecule has 1 aliphatic heterocycles. The van der Waals surface area contributed by atoms with Gasteiger partial charge < -0.3 is 9.47 Å². The Bertz CT molecular complexity index is 966. The molecule has 3 rings (SSSR count). The van der Waals surface area contributed by atoms with Crippen LogP contribution >= 0.6 is 0 Å². The fourth-order valence-electron chi connectivity index (χ4n) is 2.65.